The molecule has 0 saturated heterocycles. The van der Waals surface area contributed by atoms with Gasteiger partial charge in [0.2, 0.25) is 0 Å². The highest BCUT2D eigenvalue weighted by Gasteiger charge is 2.25. The van der Waals surface area contributed by atoms with Crippen LogP contribution >= 0.6 is 11.6 Å². The van der Waals surface area contributed by atoms with Gasteiger partial charge in [0.05, 0.1) is 11.1 Å². The number of nitrogens with two attached hydrogens (primary N) is 1. The van der Waals surface area contributed by atoms with E-state index in [1.165, 1.54) is 6.20 Å². The molecule has 1 aromatic carbocycles. The van der Waals surface area contributed by atoms with Gasteiger partial charge in [-0.25, -0.2) is 8.78 Å². The third-order valence-electron chi connectivity index (χ3n) is 3.11. The Morgan fingerprint density at radius 3 is 2.65 bits per heavy atom. The first-order valence-electron chi connectivity index (χ1n) is 5.97. The van der Waals surface area contributed by atoms with Gasteiger partial charge < -0.3 is 10.8 Å². The molecule has 0 saturated carbocycles. The van der Waals surface area contributed by atoms with Crippen LogP contribution < -0.4 is 5.73 Å². The summed E-state index contributed by atoms with van der Waals surface area (Å²) >= 11 is 5.49. The molecule has 0 aliphatic rings. The Kier molecular flexibility index (Phi) is 4.65. The van der Waals surface area contributed by atoms with E-state index in [-0.39, 0.29) is 17.1 Å². The van der Waals surface area contributed by atoms with Crippen molar-refractivity contribution in [3.8, 4) is 0 Å². The number of aliphatic hydroxyl groups is 1. The van der Waals surface area contributed by atoms with E-state index in [0.717, 1.165) is 12.1 Å². The van der Waals surface area contributed by atoms with Gasteiger partial charge in [0.25, 0.3) is 0 Å². The van der Waals surface area contributed by atoms with Crippen LogP contribution in [0.15, 0.2) is 36.7 Å². The third-order valence-corrected chi connectivity index (χ3v) is 3.40. The van der Waals surface area contributed by atoms with Crippen molar-refractivity contribution >= 4 is 11.6 Å². The van der Waals surface area contributed by atoms with E-state index < -0.39 is 23.7 Å². The molecule has 2 rings (SSSR count). The summed E-state index contributed by atoms with van der Waals surface area (Å²) in [4.78, 5) is 3.93. The second kappa shape index (κ2) is 6.26. The van der Waals surface area contributed by atoms with Crippen molar-refractivity contribution in [2.75, 3.05) is 6.54 Å². The summed E-state index contributed by atoms with van der Waals surface area (Å²) in [5.41, 5.74) is 6.11. The van der Waals surface area contributed by atoms with Gasteiger partial charge in [0.1, 0.15) is 11.6 Å². The maximum absolute atomic E-state index is 13.8. The monoisotopic (exact) mass is 298 g/mol. The molecule has 20 heavy (non-hydrogen) atoms. The smallest absolute Gasteiger partial charge is 0.142 e. The zero-order valence-corrected chi connectivity index (χ0v) is 11.2. The average Bonchev–Trinajstić information content (AvgIpc) is 2.44. The molecule has 3 N–H and O–H groups in total. The Labute approximate surface area is 120 Å². The number of pyridine rings is 1. The maximum Gasteiger partial charge on any atom is 0.142 e. The molecule has 0 aliphatic heterocycles. The molecule has 6 heteroatoms. The van der Waals surface area contributed by atoms with Gasteiger partial charge in [-0.05, 0) is 23.8 Å². The number of benzene rings is 1. The lowest BCUT2D eigenvalue weighted by Gasteiger charge is -2.22. The van der Waals surface area contributed by atoms with Crippen molar-refractivity contribution in [1.82, 2.24) is 4.98 Å². The molecule has 0 fully saturated rings. The van der Waals surface area contributed by atoms with E-state index >= 15 is 0 Å². The van der Waals surface area contributed by atoms with Crippen LogP contribution in [-0.2, 0) is 0 Å². The minimum absolute atomic E-state index is 0.0660. The van der Waals surface area contributed by atoms with Gasteiger partial charge in [-0.2, -0.15) is 0 Å². The zero-order chi connectivity index (χ0) is 14.7. The molecule has 2 atom stereocenters. The number of halogens is 3. The van der Waals surface area contributed by atoms with Gasteiger partial charge in [-0.1, -0.05) is 17.7 Å². The van der Waals surface area contributed by atoms with Crippen molar-refractivity contribution in [2.45, 2.75) is 12.0 Å². The molecular formula is C14H13ClF2N2O. The van der Waals surface area contributed by atoms with Crippen LogP contribution in [0.3, 0.4) is 0 Å². The van der Waals surface area contributed by atoms with Crippen LogP contribution in [-0.4, -0.2) is 16.6 Å². The first-order chi connectivity index (χ1) is 9.54. The van der Waals surface area contributed by atoms with Gasteiger partial charge in [0, 0.05) is 30.4 Å². The molecule has 2 unspecified atom stereocenters. The van der Waals surface area contributed by atoms with Crippen molar-refractivity contribution in [3.63, 3.8) is 0 Å². The van der Waals surface area contributed by atoms with Crippen molar-refractivity contribution in [2.24, 2.45) is 5.73 Å². The molecule has 0 aliphatic carbocycles. The Morgan fingerprint density at radius 2 is 2.05 bits per heavy atom. The summed E-state index contributed by atoms with van der Waals surface area (Å²) in [7, 11) is 0. The molecule has 1 aromatic heterocycles. The van der Waals surface area contributed by atoms with Crippen LogP contribution in [0.2, 0.25) is 5.02 Å². The normalized spacial score (nSPS) is 14.1. The van der Waals surface area contributed by atoms with Gasteiger partial charge >= 0.3 is 0 Å². The van der Waals surface area contributed by atoms with Crippen LogP contribution in [0, 0.1) is 11.6 Å². The molecule has 0 radical (unpaired) electrons. The predicted octanol–water partition coefficient (Wildman–Crippen LogP) is 2.79. The standard InChI is InChI=1S/C14H13ClF2N2O/c15-11-5-12(16)9(4-13(11)17)14(20)10(6-18)8-2-1-3-19-7-8/h1-5,7,10,14,20H,6,18H2. The summed E-state index contributed by atoms with van der Waals surface area (Å²) in [6.07, 6.45) is 1.83. The van der Waals surface area contributed by atoms with E-state index in [1.54, 1.807) is 18.3 Å². The summed E-state index contributed by atoms with van der Waals surface area (Å²) in [6.45, 7) is 0.0660. The van der Waals surface area contributed by atoms with Crippen LogP contribution in [0.1, 0.15) is 23.1 Å². The van der Waals surface area contributed by atoms with Crippen molar-refractivity contribution in [1.29, 1.82) is 0 Å². The quantitative estimate of drug-likeness (QED) is 0.853. The highest BCUT2D eigenvalue weighted by Crippen LogP contribution is 2.33. The molecule has 2 aromatic rings. The highest BCUT2D eigenvalue weighted by molar-refractivity contribution is 6.30. The Hall–Kier alpha value is -1.56. The molecule has 0 bridgehead atoms. The van der Waals surface area contributed by atoms with Gasteiger partial charge in [-0.15, -0.1) is 0 Å². The lowest BCUT2D eigenvalue weighted by atomic mass is 9.90. The number of aromatic nitrogens is 1. The first kappa shape index (κ1) is 14.8. The first-order valence-corrected chi connectivity index (χ1v) is 6.35. The van der Waals surface area contributed by atoms with E-state index in [0.29, 0.717) is 5.56 Å². The average molecular weight is 299 g/mol. The summed E-state index contributed by atoms with van der Waals surface area (Å²) < 4.78 is 27.3. The van der Waals surface area contributed by atoms with Crippen molar-refractivity contribution < 1.29 is 13.9 Å². The Bertz CT molecular complexity index is 595. The largest absolute Gasteiger partial charge is 0.388 e. The third kappa shape index (κ3) is 2.95. The summed E-state index contributed by atoms with van der Waals surface area (Å²) in [6, 6.07) is 5.13. The number of hydrogen-bond acceptors (Lipinski definition) is 3. The fourth-order valence-electron chi connectivity index (χ4n) is 2.02. The Balaban J connectivity index is 2.39. The SMILES string of the molecule is NCC(c1cccnc1)C(O)c1cc(F)c(Cl)cc1F. The Morgan fingerprint density at radius 1 is 1.30 bits per heavy atom. The second-order valence-corrected chi connectivity index (χ2v) is 4.77. The van der Waals surface area contributed by atoms with E-state index in [1.807, 2.05) is 0 Å². The van der Waals surface area contributed by atoms with Gasteiger partial charge in [-0.3, -0.25) is 4.98 Å². The minimum Gasteiger partial charge on any atom is -0.388 e. The summed E-state index contributed by atoms with van der Waals surface area (Å²) in [5.74, 6) is -2.14. The molecule has 3 nitrogen and oxygen atoms in total. The van der Waals surface area contributed by atoms with Crippen LogP contribution in [0.4, 0.5) is 8.78 Å². The van der Waals surface area contributed by atoms with Gasteiger partial charge in [0.15, 0.2) is 0 Å². The van der Waals surface area contributed by atoms with E-state index in [9.17, 15) is 13.9 Å². The van der Waals surface area contributed by atoms with Crippen LogP contribution in [0.25, 0.3) is 0 Å². The highest BCUT2D eigenvalue weighted by atomic mass is 35.5. The molecule has 0 amide bonds. The van der Waals surface area contributed by atoms with E-state index in [4.69, 9.17) is 17.3 Å². The lowest BCUT2D eigenvalue weighted by molar-refractivity contribution is 0.142. The maximum atomic E-state index is 13.8. The number of rotatable bonds is 4. The lowest BCUT2D eigenvalue weighted by Crippen LogP contribution is -2.21. The fourth-order valence-corrected chi connectivity index (χ4v) is 2.17. The number of aliphatic hydroxyl groups excluding tert-OH is 1. The second-order valence-electron chi connectivity index (χ2n) is 4.36. The number of nitrogens with zero attached hydrogens (tertiary/aromatic N) is 1. The molecular weight excluding hydrogens is 286 g/mol. The molecule has 106 valence electrons. The molecule has 0 spiro atoms. The zero-order valence-electron chi connectivity index (χ0n) is 10.4. The molecule has 1 heterocycles. The number of hydrogen-bond donors (Lipinski definition) is 2. The topological polar surface area (TPSA) is 59.1 Å². The van der Waals surface area contributed by atoms with Crippen molar-refractivity contribution in [3.05, 3.63) is 64.4 Å². The van der Waals surface area contributed by atoms with Crippen LogP contribution in [0.5, 0.6) is 0 Å². The minimum atomic E-state index is -1.28. The van der Waals surface area contributed by atoms with E-state index in [2.05, 4.69) is 4.98 Å². The predicted molar refractivity (Wildman–Crippen MR) is 72.4 cm³/mol. The fraction of sp³-hybridized carbons (Fsp3) is 0.214. The summed E-state index contributed by atoms with van der Waals surface area (Å²) in [5, 5.41) is 9.94.